The van der Waals surface area contributed by atoms with Crippen molar-refractivity contribution >= 4 is 0 Å². The SMILES string of the molecule is CC#CCCC1CC(C(C)(C)C)CCC1CNCCC. The van der Waals surface area contributed by atoms with Gasteiger partial charge < -0.3 is 5.32 Å². The first kappa shape index (κ1) is 17.6. The van der Waals surface area contributed by atoms with Crippen LogP contribution in [0.25, 0.3) is 0 Å². The van der Waals surface area contributed by atoms with Crippen LogP contribution < -0.4 is 5.32 Å². The van der Waals surface area contributed by atoms with Crippen molar-refractivity contribution in [3.8, 4) is 11.8 Å². The molecule has 1 heteroatoms. The molecule has 1 aliphatic carbocycles. The van der Waals surface area contributed by atoms with Crippen molar-refractivity contribution in [1.82, 2.24) is 5.32 Å². The van der Waals surface area contributed by atoms with Gasteiger partial charge in [-0.25, -0.2) is 0 Å². The van der Waals surface area contributed by atoms with Crippen molar-refractivity contribution in [3.05, 3.63) is 0 Å². The van der Waals surface area contributed by atoms with E-state index < -0.39 is 0 Å². The quantitative estimate of drug-likeness (QED) is 0.539. The fraction of sp³-hybridized carbons (Fsp3) is 0.895. The van der Waals surface area contributed by atoms with Crippen LogP contribution in [0.15, 0.2) is 0 Å². The lowest BCUT2D eigenvalue weighted by atomic mass is 9.64. The molecular weight excluding hydrogens is 242 g/mol. The molecule has 20 heavy (non-hydrogen) atoms. The molecule has 0 spiro atoms. The molecule has 1 nitrogen and oxygen atoms in total. The van der Waals surface area contributed by atoms with Gasteiger partial charge in [0.2, 0.25) is 0 Å². The summed E-state index contributed by atoms with van der Waals surface area (Å²) in [6, 6.07) is 0. The molecule has 116 valence electrons. The first-order chi connectivity index (χ1) is 9.49. The topological polar surface area (TPSA) is 12.0 Å². The molecule has 1 aliphatic rings. The van der Waals surface area contributed by atoms with Gasteiger partial charge in [0.15, 0.2) is 0 Å². The molecule has 0 heterocycles. The summed E-state index contributed by atoms with van der Waals surface area (Å²) in [5, 5.41) is 3.64. The van der Waals surface area contributed by atoms with Gasteiger partial charge in [-0.2, -0.15) is 0 Å². The number of nitrogens with one attached hydrogen (secondary N) is 1. The Morgan fingerprint density at radius 2 is 1.90 bits per heavy atom. The molecule has 1 N–H and O–H groups in total. The van der Waals surface area contributed by atoms with Gasteiger partial charge in [0.25, 0.3) is 0 Å². The normalized spacial score (nSPS) is 26.9. The van der Waals surface area contributed by atoms with Gasteiger partial charge in [0, 0.05) is 6.42 Å². The monoisotopic (exact) mass is 277 g/mol. The number of rotatable bonds is 6. The van der Waals surface area contributed by atoms with E-state index in [-0.39, 0.29) is 0 Å². The minimum atomic E-state index is 0.469. The highest BCUT2D eigenvalue weighted by atomic mass is 14.9. The molecule has 1 rings (SSSR count). The summed E-state index contributed by atoms with van der Waals surface area (Å²) in [5.41, 5.74) is 0.469. The van der Waals surface area contributed by atoms with E-state index >= 15 is 0 Å². The Kier molecular flexibility index (Phi) is 7.67. The van der Waals surface area contributed by atoms with E-state index in [0.717, 1.165) is 24.2 Å². The smallest absolute Gasteiger partial charge is 0.00913 e. The summed E-state index contributed by atoms with van der Waals surface area (Å²) in [5.74, 6) is 8.96. The average Bonchev–Trinajstić information content (AvgIpc) is 2.39. The molecule has 1 fully saturated rings. The van der Waals surface area contributed by atoms with Crippen LogP contribution >= 0.6 is 0 Å². The Bertz CT molecular complexity index is 315. The molecule has 1 saturated carbocycles. The Morgan fingerprint density at radius 1 is 1.15 bits per heavy atom. The second-order valence-corrected chi connectivity index (χ2v) is 7.57. The van der Waals surface area contributed by atoms with Crippen LogP contribution in [0.2, 0.25) is 0 Å². The summed E-state index contributed by atoms with van der Waals surface area (Å²) < 4.78 is 0. The van der Waals surface area contributed by atoms with Crippen LogP contribution in [-0.2, 0) is 0 Å². The second kappa shape index (κ2) is 8.73. The highest BCUT2D eigenvalue weighted by Crippen LogP contribution is 2.44. The third kappa shape index (κ3) is 5.88. The van der Waals surface area contributed by atoms with E-state index in [1.54, 1.807) is 0 Å². The zero-order chi connectivity index (χ0) is 15.0. The molecule has 0 amide bonds. The molecule has 0 aromatic heterocycles. The molecule has 0 radical (unpaired) electrons. The van der Waals surface area contributed by atoms with Crippen molar-refractivity contribution in [2.75, 3.05) is 13.1 Å². The largest absolute Gasteiger partial charge is 0.316 e. The summed E-state index contributed by atoms with van der Waals surface area (Å²) in [7, 11) is 0. The Balaban J connectivity index is 2.56. The van der Waals surface area contributed by atoms with Gasteiger partial charge in [-0.1, -0.05) is 27.7 Å². The van der Waals surface area contributed by atoms with Crippen LogP contribution in [-0.4, -0.2) is 13.1 Å². The van der Waals surface area contributed by atoms with Gasteiger partial charge in [0.05, 0.1) is 0 Å². The maximum absolute atomic E-state index is 3.64. The fourth-order valence-electron chi connectivity index (χ4n) is 3.58. The van der Waals surface area contributed by atoms with E-state index in [0.29, 0.717) is 5.41 Å². The second-order valence-electron chi connectivity index (χ2n) is 7.57. The lowest BCUT2D eigenvalue weighted by Crippen LogP contribution is -2.36. The maximum Gasteiger partial charge on any atom is 0.00913 e. The number of hydrogen-bond acceptors (Lipinski definition) is 1. The summed E-state index contributed by atoms with van der Waals surface area (Å²) in [4.78, 5) is 0. The highest BCUT2D eigenvalue weighted by Gasteiger charge is 2.35. The van der Waals surface area contributed by atoms with Crippen molar-refractivity contribution < 1.29 is 0 Å². The molecule has 0 saturated heterocycles. The molecule has 3 atom stereocenters. The first-order valence-corrected chi connectivity index (χ1v) is 8.59. The fourth-order valence-corrected chi connectivity index (χ4v) is 3.58. The molecule has 0 aliphatic heterocycles. The van der Waals surface area contributed by atoms with Crippen molar-refractivity contribution in [1.29, 1.82) is 0 Å². The van der Waals surface area contributed by atoms with E-state index in [4.69, 9.17) is 0 Å². The Hall–Kier alpha value is -0.480. The molecule has 0 bridgehead atoms. The Morgan fingerprint density at radius 3 is 2.50 bits per heavy atom. The molecule has 0 aromatic carbocycles. The van der Waals surface area contributed by atoms with Gasteiger partial charge >= 0.3 is 0 Å². The predicted octanol–water partition coefficient (Wildman–Crippen LogP) is 4.87. The molecule has 3 unspecified atom stereocenters. The third-order valence-corrected chi connectivity index (χ3v) is 5.01. The average molecular weight is 277 g/mol. The lowest BCUT2D eigenvalue weighted by molar-refractivity contribution is 0.0934. The summed E-state index contributed by atoms with van der Waals surface area (Å²) >= 11 is 0. The highest BCUT2D eigenvalue weighted by molar-refractivity contribution is 4.96. The van der Waals surface area contributed by atoms with Crippen molar-refractivity contribution in [2.24, 2.45) is 23.2 Å². The zero-order valence-electron chi connectivity index (χ0n) is 14.4. The van der Waals surface area contributed by atoms with Crippen LogP contribution in [0.5, 0.6) is 0 Å². The van der Waals surface area contributed by atoms with Crippen molar-refractivity contribution in [3.63, 3.8) is 0 Å². The van der Waals surface area contributed by atoms with Crippen LogP contribution in [0.3, 0.4) is 0 Å². The van der Waals surface area contributed by atoms with E-state index in [1.807, 2.05) is 6.92 Å². The van der Waals surface area contributed by atoms with Gasteiger partial charge in [-0.15, -0.1) is 11.8 Å². The zero-order valence-corrected chi connectivity index (χ0v) is 14.4. The Labute approximate surface area is 127 Å². The predicted molar refractivity (Wildman–Crippen MR) is 89.6 cm³/mol. The first-order valence-electron chi connectivity index (χ1n) is 8.59. The molecule has 0 aromatic rings. The van der Waals surface area contributed by atoms with Crippen LogP contribution in [0.1, 0.15) is 73.1 Å². The summed E-state index contributed by atoms with van der Waals surface area (Å²) in [6.07, 6.45) is 7.85. The van der Waals surface area contributed by atoms with Gasteiger partial charge in [-0.05, 0) is 75.3 Å². The minimum absolute atomic E-state index is 0.469. The standard InChI is InChI=1S/C19H35N/c1-6-8-9-10-16-14-18(19(3,4)5)12-11-17(16)15-20-13-7-2/h16-18,20H,7,9-15H2,1-5H3. The van der Waals surface area contributed by atoms with Gasteiger partial charge in [0.1, 0.15) is 0 Å². The minimum Gasteiger partial charge on any atom is -0.316 e. The van der Waals surface area contributed by atoms with Crippen LogP contribution in [0, 0.1) is 35.0 Å². The van der Waals surface area contributed by atoms with Crippen LogP contribution in [0.4, 0.5) is 0 Å². The van der Waals surface area contributed by atoms with Crippen molar-refractivity contribution in [2.45, 2.75) is 73.1 Å². The van der Waals surface area contributed by atoms with E-state index in [9.17, 15) is 0 Å². The lowest BCUT2D eigenvalue weighted by Gasteiger charge is -2.42. The van der Waals surface area contributed by atoms with Gasteiger partial charge in [-0.3, -0.25) is 0 Å². The third-order valence-electron chi connectivity index (χ3n) is 5.01. The van der Waals surface area contributed by atoms with E-state index in [1.165, 1.54) is 45.2 Å². The molecular formula is C19H35N. The maximum atomic E-state index is 3.64. The number of hydrogen-bond donors (Lipinski definition) is 1. The summed E-state index contributed by atoms with van der Waals surface area (Å²) in [6.45, 7) is 13.8. The van der Waals surface area contributed by atoms with E-state index in [2.05, 4.69) is 44.9 Å².